The van der Waals surface area contributed by atoms with Crippen molar-refractivity contribution in [3.8, 4) is 0 Å². The molecule has 2 N–H and O–H groups in total. The number of aromatic nitrogens is 4. The Morgan fingerprint density at radius 1 is 1.17 bits per heavy atom. The Morgan fingerprint density at radius 3 is 2.58 bits per heavy atom. The molecule has 0 bridgehead atoms. The van der Waals surface area contributed by atoms with E-state index in [4.69, 9.17) is 0 Å². The Bertz CT molecular complexity index is 670. The zero-order chi connectivity index (χ0) is 16.8. The van der Waals surface area contributed by atoms with Crippen molar-refractivity contribution in [2.24, 2.45) is 12.0 Å². The van der Waals surface area contributed by atoms with Crippen molar-refractivity contribution in [2.75, 3.05) is 25.0 Å². The van der Waals surface area contributed by atoms with Gasteiger partial charge in [0, 0.05) is 39.9 Å². The largest absolute Gasteiger partial charge is 0.357 e. The summed E-state index contributed by atoms with van der Waals surface area (Å²) in [7, 11) is 3.62. The summed E-state index contributed by atoms with van der Waals surface area (Å²) in [6, 6.07) is 4.21. The normalized spacial score (nSPS) is 14.9. The minimum absolute atomic E-state index is 0.572. The van der Waals surface area contributed by atoms with Gasteiger partial charge in [-0.15, -0.1) is 0 Å². The lowest BCUT2D eigenvalue weighted by atomic mass is 10.3. The van der Waals surface area contributed by atoms with Crippen molar-refractivity contribution >= 4 is 11.8 Å². The molecule has 0 aliphatic carbocycles. The van der Waals surface area contributed by atoms with Crippen molar-refractivity contribution in [1.82, 2.24) is 30.4 Å². The first-order valence-electron chi connectivity index (χ1n) is 8.23. The van der Waals surface area contributed by atoms with Gasteiger partial charge in [0.05, 0.1) is 6.54 Å². The molecule has 1 saturated heterocycles. The smallest absolute Gasteiger partial charge is 0.191 e. The quantitative estimate of drug-likeness (QED) is 0.620. The summed E-state index contributed by atoms with van der Waals surface area (Å²) >= 11 is 0. The molecule has 8 nitrogen and oxygen atoms in total. The average Bonchev–Trinajstić information content (AvgIpc) is 3.28. The van der Waals surface area contributed by atoms with Crippen molar-refractivity contribution in [3.05, 3.63) is 36.0 Å². The molecule has 0 amide bonds. The van der Waals surface area contributed by atoms with Crippen molar-refractivity contribution in [3.63, 3.8) is 0 Å². The van der Waals surface area contributed by atoms with Gasteiger partial charge < -0.3 is 15.5 Å². The van der Waals surface area contributed by atoms with Crippen LogP contribution in [-0.2, 0) is 20.1 Å². The molecule has 0 spiro atoms. The molecule has 0 radical (unpaired) electrons. The molecular weight excluding hydrogens is 304 g/mol. The van der Waals surface area contributed by atoms with E-state index in [0.717, 1.165) is 36.3 Å². The molecular formula is C16H24N8. The van der Waals surface area contributed by atoms with Crippen LogP contribution in [0.1, 0.15) is 24.2 Å². The van der Waals surface area contributed by atoms with E-state index >= 15 is 0 Å². The summed E-state index contributed by atoms with van der Waals surface area (Å²) in [6.07, 6.45) is 5.99. The van der Waals surface area contributed by atoms with Gasteiger partial charge >= 0.3 is 0 Å². The number of rotatable bonds is 5. The summed E-state index contributed by atoms with van der Waals surface area (Å²) in [4.78, 5) is 15.3. The molecule has 2 aromatic heterocycles. The Morgan fingerprint density at radius 2 is 1.96 bits per heavy atom. The van der Waals surface area contributed by atoms with Crippen LogP contribution in [0.3, 0.4) is 0 Å². The van der Waals surface area contributed by atoms with E-state index in [2.05, 4.69) is 47.7 Å². The highest BCUT2D eigenvalue weighted by Gasteiger charge is 2.13. The monoisotopic (exact) mass is 328 g/mol. The molecule has 0 unspecified atom stereocenters. The molecule has 1 aliphatic heterocycles. The highest BCUT2D eigenvalue weighted by molar-refractivity contribution is 5.79. The van der Waals surface area contributed by atoms with Gasteiger partial charge in [0.15, 0.2) is 5.96 Å². The van der Waals surface area contributed by atoms with Gasteiger partial charge in [0.25, 0.3) is 0 Å². The molecule has 2 aromatic rings. The number of hydrogen-bond donors (Lipinski definition) is 2. The Kier molecular flexibility index (Phi) is 5.25. The number of nitrogens with one attached hydrogen (secondary N) is 2. The molecule has 3 rings (SSSR count). The summed E-state index contributed by atoms with van der Waals surface area (Å²) in [5, 5.41) is 10.6. The molecule has 24 heavy (non-hydrogen) atoms. The number of aryl methyl sites for hydroxylation is 1. The molecule has 8 heteroatoms. The maximum absolute atomic E-state index is 4.57. The van der Waals surface area contributed by atoms with E-state index < -0.39 is 0 Å². The maximum Gasteiger partial charge on any atom is 0.191 e. The predicted molar refractivity (Wildman–Crippen MR) is 93.7 cm³/mol. The van der Waals surface area contributed by atoms with Crippen LogP contribution in [0.4, 0.5) is 5.82 Å². The second-order valence-corrected chi connectivity index (χ2v) is 5.80. The van der Waals surface area contributed by atoms with Crippen LogP contribution in [0.5, 0.6) is 0 Å². The number of guanidine groups is 1. The molecule has 1 aliphatic rings. The third kappa shape index (κ3) is 4.01. The van der Waals surface area contributed by atoms with E-state index in [9.17, 15) is 0 Å². The number of aliphatic imine (C=N–C) groups is 1. The van der Waals surface area contributed by atoms with Crippen LogP contribution in [0.15, 0.2) is 29.6 Å². The molecule has 0 atom stereocenters. The van der Waals surface area contributed by atoms with Crippen LogP contribution >= 0.6 is 0 Å². The lowest BCUT2D eigenvalue weighted by molar-refractivity contribution is 0.672. The fourth-order valence-electron chi connectivity index (χ4n) is 2.70. The van der Waals surface area contributed by atoms with Gasteiger partial charge in [-0.05, 0) is 24.5 Å². The first-order valence-corrected chi connectivity index (χ1v) is 8.23. The van der Waals surface area contributed by atoms with Crippen molar-refractivity contribution in [2.45, 2.75) is 25.9 Å². The van der Waals surface area contributed by atoms with E-state index in [0.29, 0.717) is 13.1 Å². The van der Waals surface area contributed by atoms with E-state index in [1.54, 1.807) is 18.1 Å². The SMILES string of the molecule is CN=C(NCc1ccc(N2CCCC2)nc1)NCc1ncnn1C. The molecule has 0 saturated carbocycles. The van der Waals surface area contributed by atoms with Gasteiger partial charge in [0.1, 0.15) is 18.0 Å². The Hall–Kier alpha value is -2.64. The zero-order valence-corrected chi connectivity index (χ0v) is 14.2. The average molecular weight is 328 g/mol. The summed E-state index contributed by atoms with van der Waals surface area (Å²) < 4.78 is 1.74. The predicted octanol–water partition coefficient (Wildman–Crippen LogP) is 0.675. The summed E-state index contributed by atoms with van der Waals surface area (Å²) in [5.41, 5.74) is 1.12. The number of hydrogen-bond acceptors (Lipinski definition) is 5. The van der Waals surface area contributed by atoms with E-state index in [-0.39, 0.29) is 0 Å². The van der Waals surface area contributed by atoms with Crippen molar-refractivity contribution in [1.29, 1.82) is 0 Å². The van der Waals surface area contributed by atoms with Crippen LogP contribution in [0.2, 0.25) is 0 Å². The third-order valence-electron chi connectivity index (χ3n) is 4.14. The standard InChI is InChI=1S/C16H24N8/c1-17-16(20-11-15-21-12-22-23(15)2)19-10-13-5-6-14(18-9-13)24-7-3-4-8-24/h5-6,9,12H,3-4,7-8,10-11H2,1-2H3,(H2,17,19,20). The van der Waals surface area contributed by atoms with Gasteiger partial charge in [0.2, 0.25) is 0 Å². The molecule has 1 fully saturated rings. The summed E-state index contributed by atoms with van der Waals surface area (Å²) in [6.45, 7) is 3.47. The second kappa shape index (κ2) is 7.76. The lowest BCUT2D eigenvalue weighted by Crippen LogP contribution is -2.37. The minimum atomic E-state index is 0.572. The number of pyridine rings is 1. The second-order valence-electron chi connectivity index (χ2n) is 5.80. The van der Waals surface area contributed by atoms with Gasteiger partial charge in [-0.3, -0.25) is 9.67 Å². The first kappa shape index (κ1) is 16.2. The fourth-order valence-corrected chi connectivity index (χ4v) is 2.70. The highest BCUT2D eigenvalue weighted by Crippen LogP contribution is 2.17. The topological polar surface area (TPSA) is 83.3 Å². The molecule has 0 aromatic carbocycles. The van der Waals surface area contributed by atoms with Crippen LogP contribution in [0, 0.1) is 0 Å². The Labute approximate surface area is 142 Å². The zero-order valence-electron chi connectivity index (χ0n) is 14.2. The minimum Gasteiger partial charge on any atom is -0.357 e. The molecule has 128 valence electrons. The first-order chi connectivity index (χ1) is 11.8. The van der Waals surface area contributed by atoms with Crippen molar-refractivity contribution < 1.29 is 0 Å². The number of nitrogens with zero attached hydrogens (tertiary/aromatic N) is 6. The lowest BCUT2D eigenvalue weighted by Gasteiger charge is -2.16. The van der Waals surface area contributed by atoms with Gasteiger partial charge in [-0.25, -0.2) is 9.97 Å². The number of anilines is 1. The fraction of sp³-hybridized carbons (Fsp3) is 0.500. The maximum atomic E-state index is 4.57. The van der Waals surface area contributed by atoms with Crippen LogP contribution in [0.25, 0.3) is 0 Å². The van der Waals surface area contributed by atoms with E-state index in [1.807, 2.05) is 13.2 Å². The van der Waals surface area contributed by atoms with Gasteiger partial charge in [-0.1, -0.05) is 6.07 Å². The third-order valence-corrected chi connectivity index (χ3v) is 4.14. The van der Waals surface area contributed by atoms with Gasteiger partial charge in [-0.2, -0.15) is 5.10 Å². The summed E-state index contributed by atoms with van der Waals surface area (Å²) in [5.74, 6) is 2.65. The van der Waals surface area contributed by atoms with Crippen LogP contribution < -0.4 is 15.5 Å². The Balaban J connectivity index is 1.49. The highest BCUT2D eigenvalue weighted by atomic mass is 15.3. The van der Waals surface area contributed by atoms with E-state index in [1.165, 1.54) is 12.8 Å². The van der Waals surface area contributed by atoms with Crippen LogP contribution in [-0.4, -0.2) is 45.8 Å². The molecule has 3 heterocycles.